The number of carbonyl (C=O) groups excluding carboxylic acids is 8. The molecule has 3 aromatic carbocycles. The number of likely N-dealkylation sites (tertiary alicyclic amines) is 1. The van der Waals surface area contributed by atoms with Crippen LogP contribution >= 0.6 is 0 Å². The molecule has 1 fully saturated rings. The van der Waals surface area contributed by atoms with Crippen LogP contribution in [0.2, 0.25) is 0 Å². The summed E-state index contributed by atoms with van der Waals surface area (Å²) in [6.07, 6.45) is 1.01. The van der Waals surface area contributed by atoms with E-state index in [0.29, 0.717) is 23.1 Å². The second-order valence-electron chi connectivity index (χ2n) is 27.7. The van der Waals surface area contributed by atoms with E-state index in [1.165, 1.54) is 42.6 Å². The number of carboxylic acid groups (broad SMARTS) is 1. The van der Waals surface area contributed by atoms with E-state index in [1.807, 2.05) is 57.2 Å². The van der Waals surface area contributed by atoms with E-state index < -0.39 is 117 Å². The Morgan fingerprint density at radius 3 is 1.67 bits per heavy atom. The predicted molar refractivity (Wildman–Crippen MR) is 322 cm³/mol. The van der Waals surface area contributed by atoms with E-state index in [1.54, 1.807) is 99.6 Å². The average Bonchev–Trinajstić information content (AvgIpc) is 2.27. The summed E-state index contributed by atoms with van der Waals surface area (Å²) in [7, 11) is 2.87. The summed E-state index contributed by atoms with van der Waals surface area (Å²) in [6, 6.07) is 15.3. The van der Waals surface area contributed by atoms with Gasteiger partial charge in [-0.1, -0.05) is 114 Å². The van der Waals surface area contributed by atoms with Gasteiger partial charge in [0, 0.05) is 45.9 Å². The highest BCUT2D eigenvalue weighted by molar-refractivity contribution is 5.97. The number of likely N-dealkylation sites (N-methyl/N-ethyl adjacent to an activating group) is 2. The lowest BCUT2D eigenvalue weighted by Gasteiger charge is -2.42. The molecule has 2 aliphatic heterocycles. The number of fused-ring (bicyclic) bond motifs is 2. The van der Waals surface area contributed by atoms with Crippen LogP contribution in [0.1, 0.15) is 168 Å². The van der Waals surface area contributed by atoms with Crippen molar-refractivity contribution in [2.24, 2.45) is 10.8 Å². The van der Waals surface area contributed by atoms with Crippen LogP contribution in [0.3, 0.4) is 0 Å². The zero-order chi connectivity index (χ0) is 63.5. The lowest BCUT2D eigenvalue weighted by Crippen LogP contribution is -2.64. The van der Waals surface area contributed by atoms with Crippen LogP contribution in [0.5, 0.6) is 0 Å². The number of carboxylic acids is 1. The van der Waals surface area contributed by atoms with Crippen LogP contribution in [-0.4, -0.2) is 152 Å². The molecule has 85 heavy (non-hydrogen) atoms. The van der Waals surface area contributed by atoms with Crippen molar-refractivity contribution in [1.82, 2.24) is 40.9 Å². The summed E-state index contributed by atoms with van der Waals surface area (Å²) in [4.78, 5) is 133. The number of amides is 8. The Labute approximate surface area is 501 Å². The molecule has 0 radical (unpaired) electrons. The van der Waals surface area contributed by atoms with E-state index >= 15 is 9.59 Å². The van der Waals surface area contributed by atoms with E-state index in [2.05, 4.69) is 27.3 Å². The van der Waals surface area contributed by atoms with Gasteiger partial charge < -0.3 is 45.6 Å². The molecule has 3 aliphatic rings. The Kier molecular flexibility index (Phi) is 20.4. The van der Waals surface area contributed by atoms with E-state index in [4.69, 9.17) is 9.47 Å². The van der Waals surface area contributed by atoms with Gasteiger partial charge in [0.05, 0.1) is 6.04 Å². The number of aryl methyl sites for hydroxylation is 1. The topological polar surface area (TPSA) is 253 Å². The Morgan fingerprint density at radius 2 is 1.15 bits per heavy atom. The lowest BCUT2D eigenvalue weighted by atomic mass is 9.83. The number of benzene rings is 3. The monoisotopic (exact) mass is 1180 g/mol. The summed E-state index contributed by atoms with van der Waals surface area (Å²) in [5.74, 6) is -5.23. The fourth-order valence-electron chi connectivity index (χ4n) is 11.1. The fraction of sp³-hybridized carbons (Fsp3) is 0.585. The van der Waals surface area contributed by atoms with Gasteiger partial charge in [-0.3, -0.25) is 38.6 Å². The standard InChI is InChI=1S/C65H92N8O12/c1-38(70(16)59(82)84-63(9,10)11)52(74)67-50(61(3,4)5)56(78)72-37-45(34-48(72)54(76)66-47-29-23-27-41-26-21-22-28-46(41)47)42-30-31-43-33-49(55(77)69-65(15,58(80)81)35-40-24-19-18-20-25-40)73(36-44(43)32-42)57(79)51(62(6,7)8)68-53(75)39(2)71(17)60(83)85-64(12,13)14/h18-22,24-26,28,30-32,38-39,45,47-51H,23,27,29,33-37H2,1-17H3,(H,66,76)(H,67,74)(H,68,75)(H,69,77)(H,80,81)/t38-,39-,45-,47+,48-,49-,50+,51+,65-/m0/s1. The number of hydrogen-bond acceptors (Lipinski definition) is 11. The summed E-state index contributed by atoms with van der Waals surface area (Å²) in [5, 5.41) is 22.6. The molecule has 3 aromatic rings. The highest BCUT2D eigenvalue weighted by Crippen LogP contribution is 2.39. The normalized spacial score (nSPS) is 20.1. The third-order valence-corrected chi connectivity index (χ3v) is 16.3. The van der Waals surface area contributed by atoms with Crippen molar-refractivity contribution in [2.75, 3.05) is 20.6 Å². The van der Waals surface area contributed by atoms with E-state index in [-0.39, 0.29) is 44.3 Å². The Balaban J connectivity index is 1.38. The second-order valence-corrected chi connectivity index (χ2v) is 27.7. The van der Waals surface area contributed by atoms with Crippen LogP contribution < -0.4 is 21.3 Å². The molecule has 20 nitrogen and oxygen atoms in total. The summed E-state index contributed by atoms with van der Waals surface area (Å²) in [6.45, 7) is 25.3. The van der Waals surface area contributed by atoms with E-state index in [9.17, 15) is 38.7 Å². The maximum Gasteiger partial charge on any atom is 0.410 e. The first-order valence-corrected chi connectivity index (χ1v) is 29.5. The molecule has 1 saturated heterocycles. The second kappa shape index (κ2) is 26.0. The SMILES string of the molecule is C[C@@H](C(=O)N[C@H](C(=O)N1C[C@@H](c2ccc3c(c2)CN(C(=O)[C@@H](NC(=O)[C@H](C)N(C)C(=O)OC(C)(C)C)C(C)(C)C)[C@H](C(=O)N[C@@](C)(Cc2ccccc2)C(=O)O)C3)C[C@H]1C(=O)N[C@@H]1CCCc2ccccc21)C(C)(C)C)N(C)C(=O)OC(C)(C)C. The van der Waals surface area contributed by atoms with Crippen LogP contribution in [0, 0.1) is 10.8 Å². The minimum Gasteiger partial charge on any atom is -0.480 e. The molecule has 464 valence electrons. The number of nitrogens with one attached hydrogen (secondary N) is 4. The maximum atomic E-state index is 15.5. The molecular formula is C65H92N8O12. The van der Waals surface area contributed by atoms with Gasteiger partial charge in [0.25, 0.3) is 0 Å². The van der Waals surface area contributed by atoms with Crippen molar-refractivity contribution in [1.29, 1.82) is 0 Å². The zero-order valence-corrected chi connectivity index (χ0v) is 52.9. The third kappa shape index (κ3) is 16.5. The molecule has 6 rings (SSSR count). The zero-order valence-electron chi connectivity index (χ0n) is 52.9. The third-order valence-electron chi connectivity index (χ3n) is 16.3. The van der Waals surface area contributed by atoms with Crippen LogP contribution in [0.25, 0.3) is 0 Å². The van der Waals surface area contributed by atoms with Gasteiger partial charge >= 0.3 is 18.2 Å². The maximum absolute atomic E-state index is 15.5. The number of ether oxygens (including phenoxy) is 2. The number of nitrogens with zero attached hydrogens (tertiary/aromatic N) is 4. The fourth-order valence-corrected chi connectivity index (χ4v) is 11.1. The number of carbonyl (C=O) groups is 9. The van der Waals surface area contributed by atoms with Gasteiger partial charge in [-0.25, -0.2) is 14.4 Å². The number of hydrogen-bond donors (Lipinski definition) is 5. The number of rotatable bonds is 16. The molecule has 9 atom stereocenters. The van der Waals surface area contributed by atoms with Crippen LogP contribution in [-0.2, 0) is 68.8 Å². The van der Waals surface area contributed by atoms with Gasteiger partial charge in [-0.15, -0.1) is 0 Å². The first kappa shape index (κ1) is 66.6. The lowest BCUT2D eigenvalue weighted by molar-refractivity contribution is -0.151. The highest BCUT2D eigenvalue weighted by atomic mass is 16.6. The first-order valence-electron chi connectivity index (χ1n) is 29.5. The quantitative estimate of drug-likeness (QED) is 0.0930. The summed E-state index contributed by atoms with van der Waals surface area (Å²) < 4.78 is 11.1. The molecule has 2 heterocycles. The molecule has 0 saturated carbocycles. The summed E-state index contributed by atoms with van der Waals surface area (Å²) >= 11 is 0. The van der Waals surface area contributed by atoms with Gasteiger partial charge in [0.15, 0.2) is 0 Å². The average molecular weight is 1180 g/mol. The van der Waals surface area contributed by atoms with Crippen molar-refractivity contribution < 1.29 is 57.7 Å². The Bertz CT molecular complexity index is 2990. The minimum atomic E-state index is -1.81. The molecule has 1 aliphatic carbocycles. The minimum absolute atomic E-state index is 0.0471. The van der Waals surface area contributed by atoms with E-state index in [0.717, 1.165) is 34.4 Å². The molecule has 20 heteroatoms. The Hall–Kier alpha value is -7.51. The van der Waals surface area contributed by atoms with Crippen molar-refractivity contribution in [3.63, 3.8) is 0 Å². The van der Waals surface area contributed by atoms with Crippen molar-refractivity contribution in [3.05, 3.63) is 106 Å². The molecule has 0 aromatic heterocycles. The molecule has 0 spiro atoms. The highest BCUT2D eigenvalue weighted by Gasteiger charge is 2.49. The molecule has 0 unspecified atom stereocenters. The van der Waals surface area contributed by atoms with Crippen molar-refractivity contribution in [2.45, 2.75) is 214 Å². The van der Waals surface area contributed by atoms with Crippen LogP contribution in [0.4, 0.5) is 9.59 Å². The van der Waals surface area contributed by atoms with Gasteiger partial charge in [-0.05, 0) is 132 Å². The largest absolute Gasteiger partial charge is 0.480 e. The predicted octanol–water partition coefficient (Wildman–Crippen LogP) is 7.59. The first-order chi connectivity index (χ1) is 39.3. The number of aliphatic carboxylic acids is 1. The molecule has 5 N–H and O–H groups in total. The molecule has 0 bridgehead atoms. The Morgan fingerprint density at radius 1 is 0.635 bits per heavy atom. The van der Waals surface area contributed by atoms with Gasteiger partial charge in [0.1, 0.15) is 53.0 Å². The van der Waals surface area contributed by atoms with Crippen molar-refractivity contribution >= 4 is 53.6 Å². The summed E-state index contributed by atoms with van der Waals surface area (Å²) in [5.41, 5.74) is -0.482. The molecule has 8 amide bonds. The molecular weight excluding hydrogens is 1080 g/mol. The van der Waals surface area contributed by atoms with Crippen molar-refractivity contribution in [3.8, 4) is 0 Å². The van der Waals surface area contributed by atoms with Crippen LogP contribution in [0.15, 0.2) is 72.8 Å². The smallest absolute Gasteiger partial charge is 0.410 e. The van der Waals surface area contributed by atoms with Gasteiger partial charge in [0.2, 0.25) is 35.4 Å². The van der Waals surface area contributed by atoms with Gasteiger partial charge in [-0.2, -0.15) is 0 Å².